The normalized spacial score (nSPS) is 16.7. The Hall–Kier alpha value is -3.57. The summed E-state index contributed by atoms with van der Waals surface area (Å²) in [6, 6.07) is 13.1. The van der Waals surface area contributed by atoms with E-state index in [0.29, 0.717) is 42.2 Å². The first kappa shape index (κ1) is 23.6. The average Bonchev–Trinajstić information content (AvgIpc) is 3.29. The van der Waals surface area contributed by atoms with Crippen molar-refractivity contribution in [1.82, 2.24) is 25.3 Å². The first-order valence-electron chi connectivity index (χ1n) is 10.8. The highest BCUT2D eigenvalue weighted by Gasteiger charge is 2.33. The fourth-order valence-electron chi connectivity index (χ4n) is 3.71. The molecule has 0 bridgehead atoms. The molecule has 4 rings (SSSR count). The van der Waals surface area contributed by atoms with E-state index in [0.717, 1.165) is 5.56 Å². The van der Waals surface area contributed by atoms with E-state index in [1.165, 1.54) is 4.31 Å². The maximum atomic E-state index is 13.0. The molecule has 1 unspecified atom stereocenters. The summed E-state index contributed by atoms with van der Waals surface area (Å²) < 4.78 is 32.3. The van der Waals surface area contributed by atoms with Crippen molar-refractivity contribution in [3.8, 4) is 11.5 Å². The van der Waals surface area contributed by atoms with Gasteiger partial charge in [0.05, 0.1) is 10.8 Å². The molecule has 34 heavy (non-hydrogen) atoms. The van der Waals surface area contributed by atoms with Crippen LogP contribution >= 0.6 is 0 Å². The van der Waals surface area contributed by atoms with Crippen molar-refractivity contribution in [3.05, 3.63) is 65.5 Å². The van der Waals surface area contributed by atoms with Gasteiger partial charge < -0.3 is 4.52 Å². The highest BCUT2D eigenvalue weighted by Crippen LogP contribution is 2.24. The van der Waals surface area contributed by atoms with Crippen molar-refractivity contribution in [2.24, 2.45) is 5.92 Å². The third-order valence-electron chi connectivity index (χ3n) is 5.63. The highest BCUT2D eigenvalue weighted by atomic mass is 32.2. The van der Waals surface area contributed by atoms with Crippen LogP contribution in [0.25, 0.3) is 11.5 Å². The summed E-state index contributed by atoms with van der Waals surface area (Å²) in [5, 5.41) is 3.73. The summed E-state index contributed by atoms with van der Waals surface area (Å²) in [7, 11) is -3.70. The minimum absolute atomic E-state index is 0.0518. The second-order valence-corrected chi connectivity index (χ2v) is 10.1. The van der Waals surface area contributed by atoms with E-state index >= 15 is 0 Å². The van der Waals surface area contributed by atoms with Crippen LogP contribution in [0.15, 0.2) is 57.9 Å². The van der Waals surface area contributed by atoms with Crippen molar-refractivity contribution >= 4 is 21.8 Å². The van der Waals surface area contributed by atoms with E-state index in [9.17, 15) is 18.0 Å². The van der Waals surface area contributed by atoms with E-state index < -0.39 is 27.8 Å². The molecule has 2 N–H and O–H groups in total. The van der Waals surface area contributed by atoms with Gasteiger partial charge in [0, 0.05) is 24.2 Å². The molecule has 10 nitrogen and oxygen atoms in total. The lowest BCUT2D eigenvalue weighted by molar-refractivity contribution is -0.126. The number of sulfonamides is 1. The van der Waals surface area contributed by atoms with Crippen LogP contribution in [-0.4, -0.2) is 47.8 Å². The number of hydrogen-bond acceptors (Lipinski definition) is 7. The van der Waals surface area contributed by atoms with Gasteiger partial charge in [-0.2, -0.15) is 9.29 Å². The second kappa shape index (κ2) is 9.74. The molecule has 1 fully saturated rings. The topological polar surface area (TPSA) is 134 Å². The SMILES string of the molecule is Cc1ccc(S(=O)(=O)N2CCCC(C(=O)NNC(=O)c3ccc(-c4nc(C)no4)cc3)C2)cc1. The number of carbonyl (C=O) groups is 2. The number of piperidine rings is 1. The van der Waals surface area contributed by atoms with E-state index in [-0.39, 0.29) is 11.4 Å². The molecule has 11 heteroatoms. The molecule has 0 saturated carbocycles. The van der Waals surface area contributed by atoms with Crippen LogP contribution in [0.1, 0.15) is 34.6 Å². The van der Waals surface area contributed by atoms with Crippen LogP contribution in [0.2, 0.25) is 0 Å². The fraction of sp³-hybridized carbons (Fsp3) is 0.304. The highest BCUT2D eigenvalue weighted by molar-refractivity contribution is 7.89. The molecule has 2 heterocycles. The molecule has 1 aliphatic heterocycles. The zero-order valence-electron chi connectivity index (χ0n) is 18.8. The van der Waals surface area contributed by atoms with Crippen LogP contribution in [0, 0.1) is 19.8 Å². The Morgan fingerprint density at radius 2 is 1.74 bits per heavy atom. The molecule has 1 aromatic heterocycles. The summed E-state index contributed by atoms with van der Waals surface area (Å²) in [5.41, 5.74) is 6.77. The third-order valence-corrected chi connectivity index (χ3v) is 7.51. The summed E-state index contributed by atoms with van der Waals surface area (Å²) >= 11 is 0. The van der Waals surface area contributed by atoms with Gasteiger partial charge in [-0.25, -0.2) is 8.42 Å². The molecule has 2 amide bonds. The van der Waals surface area contributed by atoms with Gasteiger partial charge in [-0.3, -0.25) is 20.4 Å². The van der Waals surface area contributed by atoms with E-state index in [1.54, 1.807) is 55.5 Å². The molecule has 178 valence electrons. The first-order valence-corrected chi connectivity index (χ1v) is 12.3. The molecule has 1 atom stereocenters. The van der Waals surface area contributed by atoms with Crippen molar-refractivity contribution in [3.63, 3.8) is 0 Å². The predicted molar refractivity (Wildman–Crippen MR) is 123 cm³/mol. The predicted octanol–water partition coefficient (Wildman–Crippen LogP) is 2.22. The van der Waals surface area contributed by atoms with Crippen LogP contribution in [0.3, 0.4) is 0 Å². The van der Waals surface area contributed by atoms with Gasteiger partial charge in [-0.15, -0.1) is 0 Å². The smallest absolute Gasteiger partial charge is 0.269 e. The standard InChI is InChI=1S/C23H25N5O5S/c1-15-5-11-20(12-6-15)34(31,32)28-13-3-4-19(14-28)22(30)26-25-21(29)17-7-9-18(10-8-17)23-24-16(2)27-33-23/h5-12,19H,3-4,13-14H2,1-2H3,(H,25,29)(H,26,30). The summed E-state index contributed by atoms with van der Waals surface area (Å²) in [4.78, 5) is 29.4. The van der Waals surface area contributed by atoms with Gasteiger partial charge in [0.2, 0.25) is 15.9 Å². The van der Waals surface area contributed by atoms with Crippen LogP contribution in [0.4, 0.5) is 0 Å². The average molecular weight is 484 g/mol. The number of amides is 2. The van der Waals surface area contributed by atoms with Crippen LogP contribution in [0.5, 0.6) is 0 Å². The molecule has 0 spiro atoms. The quantitative estimate of drug-likeness (QED) is 0.531. The minimum Gasteiger partial charge on any atom is -0.334 e. The number of nitrogens with one attached hydrogen (secondary N) is 2. The van der Waals surface area contributed by atoms with Crippen LogP contribution in [-0.2, 0) is 14.8 Å². The zero-order valence-corrected chi connectivity index (χ0v) is 19.6. The van der Waals surface area contributed by atoms with Gasteiger partial charge >= 0.3 is 0 Å². The van der Waals surface area contributed by atoms with Gasteiger partial charge in [0.15, 0.2) is 5.82 Å². The lowest BCUT2D eigenvalue weighted by Crippen LogP contribution is -2.50. The van der Waals surface area contributed by atoms with Gasteiger partial charge in [-0.1, -0.05) is 22.9 Å². The molecule has 3 aromatic rings. The van der Waals surface area contributed by atoms with Gasteiger partial charge in [0.25, 0.3) is 11.8 Å². The minimum atomic E-state index is -3.70. The molecular weight excluding hydrogens is 458 g/mol. The van der Waals surface area contributed by atoms with Crippen molar-refractivity contribution in [2.75, 3.05) is 13.1 Å². The Morgan fingerprint density at radius 3 is 2.38 bits per heavy atom. The fourth-order valence-corrected chi connectivity index (χ4v) is 5.23. The monoisotopic (exact) mass is 483 g/mol. The molecule has 1 saturated heterocycles. The number of aromatic nitrogens is 2. The van der Waals surface area contributed by atoms with Crippen molar-refractivity contribution in [2.45, 2.75) is 31.6 Å². The molecule has 1 aliphatic rings. The number of rotatable bonds is 5. The molecule has 0 radical (unpaired) electrons. The molecular formula is C23H25N5O5S. The van der Waals surface area contributed by atoms with Crippen molar-refractivity contribution < 1.29 is 22.5 Å². The Balaban J connectivity index is 1.34. The number of hydrazine groups is 1. The van der Waals surface area contributed by atoms with E-state index in [2.05, 4.69) is 21.0 Å². The Labute approximate surface area is 197 Å². The Bertz CT molecular complexity index is 1290. The number of aryl methyl sites for hydroxylation is 2. The number of carbonyl (C=O) groups excluding carboxylic acids is 2. The number of benzene rings is 2. The lowest BCUT2D eigenvalue weighted by atomic mass is 9.99. The number of nitrogens with zero attached hydrogens (tertiary/aromatic N) is 3. The summed E-state index contributed by atoms with van der Waals surface area (Å²) in [6.07, 6.45) is 1.08. The first-order chi connectivity index (χ1) is 16.2. The summed E-state index contributed by atoms with van der Waals surface area (Å²) in [6.45, 7) is 3.99. The maximum Gasteiger partial charge on any atom is 0.269 e. The zero-order chi connectivity index (χ0) is 24.3. The van der Waals surface area contributed by atoms with E-state index in [4.69, 9.17) is 4.52 Å². The molecule has 2 aromatic carbocycles. The summed E-state index contributed by atoms with van der Waals surface area (Å²) in [5.74, 6) is -0.651. The van der Waals surface area contributed by atoms with Gasteiger partial charge in [0.1, 0.15) is 0 Å². The maximum absolute atomic E-state index is 13.0. The van der Waals surface area contributed by atoms with E-state index in [1.807, 2.05) is 6.92 Å². The number of hydrogen-bond donors (Lipinski definition) is 2. The Kier molecular flexibility index (Phi) is 6.75. The Morgan fingerprint density at radius 1 is 1.03 bits per heavy atom. The third kappa shape index (κ3) is 5.15. The largest absolute Gasteiger partial charge is 0.334 e. The van der Waals surface area contributed by atoms with Crippen LogP contribution < -0.4 is 10.9 Å². The van der Waals surface area contributed by atoms with Gasteiger partial charge in [-0.05, 0) is 63.1 Å². The molecule has 0 aliphatic carbocycles. The second-order valence-electron chi connectivity index (χ2n) is 8.18. The lowest BCUT2D eigenvalue weighted by Gasteiger charge is -2.31. The van der Waals surface area contributed by atoms with Crippen molar-refractivity contribution in [1.29, 1.82) is 0 Å².